The molecule has 0 fully saturated rings. The van der Waals surface area contributed by atoms with Gasteiger partial charge in [0.1, 0.15) is 18.0 Å². The second kappa shape index (κ2) is 6.81. The van der Waals surface area contributed by atoms with Crippen LogP contribution in [0.4, 0.5) is 4.39 Å². The zero-order chi connectivity index (χ0) is 14.5. The second-order valence-electron chi connectivity index (χ2n) is 4.68. The van der Waals surface area contributed by atoms with Crippen LogP contribution in [0.25, 0.3) is 0 Å². The third-order valence-corrected chi connectivity index (χ3v) is 3.50. The molecule has 0 radical (unpaired) electrons. The first-order valence-electron chi connectivity index (χ1n) is 6.63. The smallest absolute Gasteiger partial charge is 0.138 e. The Morgan fingerprint density at radius 3 is 2.85 bits per heavy atom. The Morgan fingerprint density at radius 1 is 1.45 bits per heavy atom. The highest BCUT2D eigenvalue weighted by atomic mass is 35.5. The van der Waals surface area contributed by atoms with Gasteiger partial charge in [-0.05, 0) is 30.7 Å². The fraction of sp³-hybridized carbons (Fsp3) is 0.429. The molecule has 1 atom stereocenters. The van der Waals surface area contributed by atoms with Crippen molar-refractivity contribution < 1.29 is 4.39 Å². The van der Waals surface area contributed by atoms with Gasteiger partial charge in [-0.15, -0.1) is 0 Å². The molecule has 0 aliphatic rings. The van der Waals surface area contributed by atoms with Crippen LogP contribution in [0.5, 0.6) is 0 Å². The van der Waals surface area contributed by atoms with Crippen molar-refractivity contribution in [3.63, 3.8) is 0 Å². The van der Waals surface area contributed by atoms with E-state index in [2.05, 4.69) is 22.3 Å². The standard InChI is InChI=1S/C14H18ClFN4/c1-3-6-17-13(8-14-18-9-19-20(14)2)11-5-4-10(16)7-12(11)15/h4-5,7,9,13,17H,3,6,8H2,1-2H3. The topological polar surface area (TPSA) is 42.7 Å². The first kappa shape index (κ1) is 14.9. The summed E-state index contributed by atoms with van der Waals surface area (Å²) >= 11 is 6.16. The van der Waals surface area contributed by atoms with E-state index in [0.29, 0.717) is 11.4 Å². The Hall–Kier alpha value is -1.46. The van der Waals surface area contributed by atoms with Crippen LogP contribution in [-0.2, 0) is 13.5 Å². The Kier molecular flexibility index (Phi) is 5.09. The molecule has 1 aromatic carbocycles. The molecule has 0 aliphatic heterocycles. The van der Waals surface area contributed by atoms with Gasteiger partial charge in [0, 0.05) is 24.5 Å². The van der Waals surface area contributed by atoms with Gasteiger partial charge in [-0.25, -0.2) is 9.37 Å². The van der Waals surface area contributed by atoms with Crippen molar-refractivity contribution in [2.75, 3.05) is 6.54 Å². The number of hydrogen-bond acceptors (Lipinski definition) is 3. The van der Waals surface area contributed by atoms with Crippen LogP contribution < -0.4 is 5.32 Å². The molecule has 0 saturated carbocycles. The fourth-order valence-corrected chi connectivity index (χ4v) is 2.38. The molecule has 2 rings (SSSR count). The summed E-state index contributed by atoms with van der Waals surface area (Å²) in [6.07, 6.45) is 3.19. The lowest BCUT2D eigenvalue weighted by Crippen LogP contribution is -2.25. The van der Waals surface area contributed by atoms with Crippen LogP contribution in [0.2, 0.25) is 5.02 Å². The van der Waals surface area contributed by atoms with Crippen molar-refractivity contribution in [3.05, 3.63) is 46.8 Å². The molecule has 0 aliphatic carbocycles. The van der Waals surface area contributed by atoms with Gasteiger partial charge in [-0.1, -0.05) is 24.6 Å². The number of benzene rings is 1. The third kappa shape index (κ3) is 3.55. The molecule has 6 heteroatoms. The number of aromatic nitrogens is 3. The summed E-state index contributed by atoms with van der Waals surface area (Å²) in [5.74, 6) is 0.533. The van der Waals surface area contributed by atoms with Gasteiger partial charge in [0.15, 0.2) is 0 Å². The van der Waals surface area contributed by atoms with E-state index in [9.17, 15) is 4.39 Å². The van der Waals surface area contributed by atoms with Gasteiger partial charge >= 0.3 is 0 Å². The van der Waals surface area contributed by atoms with Crippen molar-refractivity contribution in [1.29, 1.82) is 0 Å². The van der Waals surface area contributed by atoms with E-state index in [1.165, 1.54) is 18.5 Å². The van der Waals surface area contributed by atoms with E-state index in [1.807, 2.05) is 7.05 Å². The zero-order valence-electron chi connectivity index (χ0n) is 11.6. The summed E-state index contributed by atoms with van der Waals surface area (Å²) in [5, 5.41) is 7.92. The Bertz CT molecular complexity index is 570. The number of nitrogens with zero attached hydrogens (tertiary/aromatic N) is 3. The first-order valence-corrected chi connectivity index (χ1v) is 7.00. The summed E-state index contributed by atoms with van der Waals surface area (Å²) in [5.41, 5.74) is 0.879. The minimum absolute atomic E-state index is 0.00838. The SMILES string of the molecule is CCCNC(Cc1ncnn1C)c1ccc(F)cc1Cl. The Balaban J connectivity index is 2.24. The van der Waals surface area contributed by atoms with E-state index in [-0.39, 0.29) is 11.9 Å². The highest BCUT2D eigenvalue weighted by Gasteiger charge is 2.17. The summed E-state index contributed by atoms with van der Waals surface area (Å²) in [7, 11) is 1.85. The lowest BCUT2D eigenvalue weighted by molar-refractivity contribution is 0.505. The Labute approximate surface area is 123 Å². The average Bonchev–Trinajstić information content (AvgIpc) is 2.80. The zero-order valence-corrected chi connectivity index (χ0v) is 12.4. The number of aryl methyl sites for hydroxylation is 1. The maximum Gasteiger partial charge on any atom is 0.138 e. The van der Waals surface area contributed by atoms with Gasteiger partial charge in [0.2, 0.25) is 0 Å². The highest BCUT2D eigenvalue weighted by molar-refractivity contribution is 6.31. The molecule has 4 nitrogen and oxygen atoms in total. The summed E-state index contributed by atoms with van der Waals surface area (Å²) in [6.45, 7) is 2.95. The van der Waals surface area contributed by atoms with Crippen LogP contribution >= 0.6 is 11.6 Å². The largest absolute Gasteiger partial charge is 0.310 e. The van der Waals surface area contributed by atoms with Crippen LogP contribution in [0, 0.1) is 5.82 Å². The van der Waals surface area contributed by atoms with Crippen LogP contribution in [0.1, 0.15) is 30.8 Å². The van der Waals surface area contributed by atoms with Crippen LogP contribution in [0.15, 0.2) is 24.5 Å². The molecule has 1 unspecified atom stereocenters. The number of rotatable bonds is 6. The van der Waals surface area contributed by atoms with E-state index in [0.717, 1.165) is 24.4 Å². The Morgan fingerprint density at radius 2 is 2.25 bits per heavy atom. The van der Waals surface area contributed by atoms with Crippen molar-refractivity contribution in [3.8, 4) is 0 Å². The van der Waals surface area contributed by atoms with E-state index >= 15 is 0 Å². The molecule has 1 aromatic heterocycles. The number of hydrogen-bond donors (Lipinski definition) is 1. The minimum Gasteiger partial charge on any atom is -0.310 e. The van der Waals surface area contributed by atoms with E-state index < -0.39 is 0 Å². The third-order valence-electron chi connectivity index (χ3n) is 3.17. The molecule has 0 bridgehead atoms. The van der Waals surface area contributed by atoms with E-state index in [1.54, 1.807) is 10.7 Å². The lowest BCUT2D eigenvalue weighted by atomic mass is 10.0. The molecule has 1 heterocycles. The van der Waals surface area contributed by atoms with Crippen molar-refractivity contribution in [1.82, 2.24) is 20.1 Å². The molecule has 2 aromatic rings. The summed E-state index contributed by atoms with van der Waals surface area (Å²) in [4.78, 5) is 4.23. The predicted octanol–water partition coefficient (Wildman–Crippen LogP) is 2.89. The number of halogens is 2. The fourth-order valence-electron chi connectivity index (χ4n) is 2.08. The van der Waals surface area contributed by atoms with Gasteiger partial charge in [-0.3, -0.25) is 4.68 Å². The molecule has 108 valence electrons. The number of nitrogens with one attached hydrogen (secondary N) is 1. The van der Waals surface area contributed by atoms with Gasteiger partial charge in [0.25, 0.3) is 0 Å². The van der Waals surface area contributed by atoms with E-state index in [4.69, 9.17) is 11.6 Å². The summed E-state index contributed by atoms with van der Waals surface area (Å²) in [6, 6.07) is 4.49. The molecule has 1 N–H and O–H groups in total. The van der Waals surface area contributed by atoms with Crippen molar-refractivity contribution in [2.45, 2.75) is 25.8 Å². The monoisotopic (exact) mass is 296 g/mol. The maximum absolute atomic E-state index is 13.2. The minimum atomic E-state index is -0.327. The van der Waals surface area contributed by atoms with Gasteiger partial charge in [-0.2, -0.15) is 5.10 Å². The second-order valence-corrected chi connectivity index (χ2v) is 5.08. The van der Waals surface area contributed by atoms with Crippen molar-refractivity contribution in [2.24, 2.45) is 7.05 Å². The lowest BCUT2D eigenvalue weighted by Gasteiger charge is -2.19. The molecule has 0 spiro atoms. The highest BCUT2D eigenvalue weighted by Crippen LogP contribution is 2.26. The first-order chi connectivity index (χ1) is 9.61. The van der Waals surface area contributed by atoms with Crippen LogP contribution in [0.3, 0.4) is 0 Å². The van der Waals surface area contributed by atoms with Crippen molar-refractivity contribution >= 4 is 11.6 Å². The normalized spacial score (nSPS) is 12.6. The molecule has 0 saturated heterocycles. The average molecular weight is 297 g/mol. The van der Waals surface area contributed by atoms with Gasteiger partial charge < -0.3 is 5.32 Å². The van der Waals surface area contributed by atoms with Crippen LogP contribution in [-0.4, -0.2) is 21.3 Å². The predicted molar refractivity (Wildman–Crippen MR) is 77.2 cm³/mol. The summed E-state index contributed by atoms with van der Waals surface area (Å²) < 4.78 is 14.9. The quantitative estimate of drug-likeness (QED) is 0.891. The molecule has 20 heavy (non-hydrogen) atoms. The molecular formula is C14H18ClFN4. The maximum atomic E-state index is 13.2. The molecular weight excluding hydrogens is 279 g/mol. The molecule has 0 amide bonds. The van der Waals surface area contributed by atoms with Gasteiger partial charge in [0.05, 0.1) is 0 Å².